The molecular formula is C18H36N2. The van der Waals surface area contributed by atoms with Gasteiger partial charge in [-0.25, -0.2) is 0 Å². The Kier molecular flexibility index (Phi) is 6.83. The Hall–Kier alpha value is -0.0800. The van der Waals surface area contributed by atoms with E-state index in [0.29, 0.717) is 0 Å². The normalized spacial score (nSPS) is 30.0. The quantitative estimate of drug-likeness (QED) is 0.756. The standard InChI is InChI=1S/C18H36N2/c1-4-13-19-18(16-7-5-6-8-16)14-20(3)17-11-9-15(2)10-12-17/h15-19H,4-14H2,1-3H3. The first-order valence-corrected chi connectivity index (χ1v) is 9.14. The second kappa shape index (κ2) is 8.38. The van der Waals surface area contributed by atoms with Gasteiger partial charge < -0.3 is 10.2 Å². The van der Waals surface area contributed by atoms with Crippen molar-refractivity contribution < 1.29 is 0 Å². The molecule has 0 bridgehead atoms. The highest BCUT2D eigenvalue weighted by Crippen LogP contribution is 2.30. The monoisotopic (exact) mass is 280 g/mol. The molecule has 2 aliphatic carbocycles. The summed E-state index contributed by atoms with van der Waals surface area (Å²) < 4.78 is 0. The van der Waals surface area contributed by atoms with E-state index in [1.165, 1.54) is 70.9 Å². The number of hydrogen-bond acceptors (Lipinski definition) is 2. The first-order chi connectivity index (χ1) is 9.70. The van der Waals surface area contributed by atoms with E-state index in [2.05, 4.69) is 31.1 Å². The van der Waals surface area contributed by atoms with Crippen molar-refractivity contribution in [2.75, 3.05) is 20.1 Å². The van der Waals surface area contributed by atoms with Crippen LogP contribution in [0.1, 0.15) is 71.6 Å². The molecule has 2 nitrogen and oxygen atoms in total. The van der Waals surface area contributed by atoms with Crippen LogP contribution >= 0.6 is 0 Å². The van der Waals surface area contributed by atoms with Crippen LogP contribution in [0.4, 0.5) is 0 Å². The predicted molar refractivity (Wildman–Crippen MR) is 88.1 cm³/mol. The topological polar surface area (TPSA) is 15.3 Å². The third-order valence-corrected chi connectivity index (χ3v) is 5.72. The molecule has 2 aliphatic rings. The highest BCUT2D eigenvalue weighted by Gasteiger charge is 2.28. The Morgan fingerprint density at radius 3 is 2.30 bits per heavy atom. The SMILES string of the molecule is CCCNC(CN(C)C1CCC(C)CC1)C1CCCC1. The van der Waals surface area contributed by atoms with Gasteiger partial charge in [0.15, 0.2) is 0 Å². The summed E-state index contributed by atoms with van der Waals surface area (Å²) in [6.07, 6.45) is 12.8. The third kappa shape index (κ3) is 4.73. The Morgan fingerprint density at radius 1 is 1.05 bits per heavy atom. The van der Waals surface area contributed by atoms with Gasteiger partial charge in [-0.3, -0.25) is 0 Å². The largest absolute Gasteiger partial charge is 0.312 e. The molecule has 0 aromatic heterocycles. The average Bonchev–Trinajstić information content (AvgIpc) is 2.98. The van der Waals surface area contributed by atoms with Crippen LogP contribution in [0.25, 0.3) is 0 Å². The molecule has 1 N–H and O–H groups in total. The lowest BCUT2D eigenvalue weighted by Crippen LogP contribution is -2.47. The number of nitrogens with one attached hydrogen (secondary N) is 1. The molecule has 2 heteroatoms. The minimum absolute atomic E-state index is 0.738. The van der Waals surface area contributed by atoms with Crippen LogP contribution in [-0.2, 0) is 0 Å². The maximum Gasteiger partial charge on any atom is 0.0223 e. The van der Waals surface area contributed by atoms with Crippen LogP contribution < -0.4 is 5.32 Å². The zero-order valence-corrected chi connectivity index (χ0v) is 14.0. The maximum absolute atomic E-state index is 3.85. The van der Waals surface area contributed by atoms with Gasteiger partial charge in [-0.1, -0.05) is 26.7 Å². The van der Waals surface area contributed by atoms with Gasteiger partial charge in [0.25, 0.3) is 0 Å². The molecule has 2 saturated carbocycles. The Balaban J connectivity index is 1.82. The molecule has 0 radical (unpaired) electrons. The Labute approximate surface area is 126 Å². The van der Waals surface area contributed by atoms with Crippen molar-refractivity contribution in [1.29, 1.82) is 0 Å². The molecular weight excluding hydrogens is 244 g/mol. The molecule has 20 heavy (non-hydrogen) atoms. The lowest BCUT2D eigenvalue weighted by Gasteiger charge is -2.37. The smallest absolute Gasteiger partial charge is 0.0223 e. The van der Waals surface area contributed by atoms with Crippen molar-refractivity contribution in [2.45, 2.75) is 83.7 Å². The molecule has 0 saturated heterocycles. The van der Waals surface area contributed by atoms with E-state index in [1.807, 2.05) is 0 Å². The first kappa shape index (κ1) is 16.3. The molecule has 0 aromatic rings. The van der Waals surface area contributed by atoms with Crippen LogP contribution in [0.3, 0.4) is 0 Å². The summed E-state index contributed by atoms with van der Waals surface area (Å²) in [7, 11) is 2.37. The average molecular weight is 280 g/mol. The van der Waals surface area contributed by atoms with Crippen LogP contribution in [0.5, 0.6) is 0 Å². The van der Waals surface area contributed by atoms with E-state index in [1.54, 1.807) is 0 Å². The molecule has 1 unspecified atom stereocenters. The number of likely N-dealkylation sites (N-methyl/N-ethyl adjacent to an activating group) is 1. The van der Waals surface area contributed by atoms with E-state index in [4.69, 9.17) is 0 Å². The second-order valence-electron chi connectivity index (χ2n) is 7.46. The van der Waals surface area contributed by atoms with Crippen molar-refractivity contribution >= 4 is 0 Å². The molecule has 1 atom stereocenters. The highest BCUT2D eigenvalue weighted by atomic mass is 15.2. The summed E-state index contributed by atoms with van der Waals surface area (Å²) in [5.74, 6) is 1.90. The fourth-order valence-electron chi connectivity index (χ4n) is 4.21. The Morgan fingerprint density at radius 2 is 1.70 bits per heavy atom. The van der Waals surface area contributed by atoms with Crippen molar-refractivity contribution in [2.24, 2.45) is 11.8 Å². The maximum atomic E-state index is 3.85. The molecule has 2 fully saturated rings. The fourth-order valence-corrected chi connectivity index (χ4v) is 4.21. The summed E-state index contributed by atoms with van der Waals surface area (Å²) >= 11 is 0. The van der Waals surface area contributed by atoms with Gasteiger partial charge in [-0.2, -0.15) is 0 Å². The fraction of sp³-hybridized carbons (Fsp3) is 1.00. The van der Waals surface area contributed by atoms with E-state index < -0.39 is 0 Å². The van der Waals surface area contributed by atoms with Gasteiger partial charge >= 0.3 is 0 Å². The van der Waals surface area contributed by atoms with Crippen molar-refractivity contribution in [3.05, 3.63) is 0 Å². The van der Waals surface area contributed by atoms with Crippen molar-refractivity contribution in [3.63, 3.8) is 0 Å². The van der Waals surface area contributed by atoms with E-state index in [9.17, 15) is 0 Å². The second-order valence-corrected chi connectivity index (χ2v) is 7.46. The minimum Gasteiger partial charge on any atom is -0.312 e. The Bertz CT molecular complexity index is 252. The first-order valence-electron chi connectivity index (χ1n) is 9.14. The minimum atomic E-state index is 0.738. The summed E-state index contributed by atoms with van der Waals surface area (Å²) in [4.78, 5) is 2.68. The van der Waals surface area contributed by atoms with Crippen LogP contribution in [0, 0.1) is 11.8 Å². The number of nitrogens with zero attached hydrogens (tertiary/aromatic N) is 1. The molecule has 0 amide bonds. The van der Waals surface area contributed by atoms with Gasteiger partial charge in [-0.15, -0.1) is 0 Å². The molecule has 2 rings (SSSR count). The molecule has 0 heterocycles. The van der Waals surface area contributed by atoms with Crippen LogP contribution in [0.2, 0.25) is 0 Å². The highest BCUT2D eigenvalue weighted by molar-refractivity contribution is 4.85. The molecule has 118 valence electrons. The zero-order valence-electron chi connectivity index (χ0n) is 14.0. The molecule has 0 spiro atoms. The summed E-state index contributed by atoms with van der Waals surface area (Å²) in [6, 6.07) is 1.58. The van der Waals surface area contributed by atoms with Crippen LogP contribution in [-0.4, -0.2) is 37.1 Å². The molecule has 0 aromatic carbocycles. The number of hydrogen-bond donors (Lipinski definition) is 1. The summed E-state index contributed by atoms with van der Waals surface area (Å²) in [5, 5.41) is 3.85. The van der Waals surface area contributed by atoms with Crippen molar-refractivity contribution in [1.82, 2.24) is 10.2 Å². The van der Waals surface area contributed by atoms with Crippen molar-refractivity contribution in [3.8, 4) is 0 Å². The summed E-state index contributed by atoms with van der Waals surface area (Å²) in [6.45, 7) is 7.16. The lowest BCUT2D eigenvalue weighted by molar-refractivity contribution is 0.142. The van der Waals surface area contributed by atoms with Gasteiger partial charge in [0.1, 0.15) is 0 Å². The lowest BCUT2D eigenvalue weighted by atomic mass is 9.86. The van der Waals surface area contributed by atoms with E-state index in [0.717, 1.165) is 23.9 Å². The molecule has 0 aliphatic heterocycles. The third-order valence-electron chi connectivity index (χ3n) is 5.72. The van der Waals surface area contributed by atoms with Gasteiger partial charge in [0.05, 0.1) is 0 Å². The van der Waals surface area contributed by atoms with Crippen LogP contribution in [0.15, 0.2) is 0 Å². The number of rotatable bonds is 7. The van der Waals surface area contributed by atoms with Gasteiger partial charge in [0, 0.05) is 18.6 Å². The summed E-state index contributed by atoms with van der Waals surface area (Å²) in [5.41, 5.74) is 0. The predicted octanol–water partition coefficient (Wildman–Crippen LogP) is 4.06. The van der Waals surface area contributed by atoms with E-state index in [-0.39, 0.29) is 0 Å². The van der Waals surface area contributed by atoms with Gasteiger partial charge in [-0.05, 0) is 70.4 Å². The zero-order chi connectivity index (χ0) is 14.4. The van der Waals surface area contributed by atoms with E-state index >= 15 is 0 Å². The van der Waals surface area contributed by atoms with Gasteiger partial charge in [0.2, 0.25) is 0 Å².